The number of hydrogen-bond donors (Lipinski definition) is 1. The van der Waals surface area contributed by atoms with E-state index in [2.05, 4.69) is 34.7 Å². The molecule has 2 aromatic rings. The molecule has 0 saturated heterocycles. The zero-order chi connectivity index (χ0) is 14.1. The second-order valence-corrected chi connectivity index (χ2v) is 6.77. The van der Waals surface area contributed by atoms with Crippen LogP contribution in [0.25, 0.3) is 11.5 Å². The normalized spacial score (nSPS) is 19.9. The zero-order valence-electron chi connectivity index (χ0n) is 12.3. The van der Waals surface area contributed by atoms with E-state index in [0.29, 0.717) is 11.9 Å². The van der Waals surface area contributed by atoms with Crippen molar-refractivity contribution >= 4 is 11.3 Å². The van der Waals surface area contributed by atoms with Crippen LogP contribution in [0.4, 0.5) is 0 Å². The van der Waals surface area contributed by atoms with Crippen molar-refractivity contribution in [3.05, 3.63) is 21.6 Å². The average Bonchev–Trinajstić information content (AvgIpc) is 3.04. The monoisotopic (exact) mass is 291 g/mol. The number of fused-ring (bicyclic) bond motifs is 1. The van der Waals surface area contributed by atoms with E-state index in [9.17, 15) is 0 Å². The maximum atomic E-state index is 5.47. The molecule has 0 radical (unpaired) electrons. The summed E-state index contributed by atoms with van der Waals surface area (Å²) >= 11 is 1.84. The Morgan fingerprint density at radius 2 is 2.40 bits per heavy atom. The summed E-state index contributed by atoms with van der Waals surface area (Å²) in [6, 6.07) is 0.359. The van der Waals surface area contributed by atoms with Crippen molar-refractivity contribution in [3.8, 4) is 11.5 Å². The van der Waals surface area contributed by atoms with Crippen LogP contribution in [0.5, 0.6) is 0 Å². The van der Waals surface area contributed by atoms with Crippen LogP contribution in [0.3, 0.4) is 0 Å². The van der Waals surface area contributed by atoms with E-state index < -0.39 is 0 Å². The molecule has 0 aliphatic heterocycles. The Morgan fingerprint density at radius 3 is 3.20 bits per heavy atom. The second kappa shape index (κ2) is 5.66. The van der Waals surface area contributed by atoms with Gasteiger partial charge in [0.15, 0.2) is 5.82 Å². The first-order valence-corrected chi connectivity index (χ1v) is 8.14. The minimum absolute atomic E-state index is 0.359. The highest BCUT2D eigenvalue weighted by atomic mass is 32.1. The van der Waals surface area contributed by atoms with Gasteiger partial charge in [-0.05, 0) is 44.7 Å². The molecule has 0 spiro atoms. The van der Waals surface area contributed by atoms with Gasteiger partial charge in [0.1, 0.15) is 0 Å². The maximum absolute atomic E-state index is 5.47. The van der Waals surface area contributed by atoms with Gasteiger partial charge in [-0.1, -0.05) is 12.1 Å². The molecule has 4 nitrogen and oxygen atoms in total. The highest BCUT2D eigenvalue weighted by molar-refractivity contribution is 7.10. The second-order valence-electron chi connectivity index (χ2n) is 5.81. The fourth-order valence-corrected chi connectivity index (χ4v) is 3.92. The van der Waals surface area contributed by atoms with Crippen LogP contribution in [0.15, 0.2) is 9.90 Å². The highest BCUT2D eigenvalue weighted by Gasteiger charge is 2.23. The molecular weight excluding hydrogens is 270 g/mol. The van der Waals surface area contributed by atoms with Gasteiger partial charge in [0.05, 0.1) is 5.56 Å². The van der Waals surface area contributed by atoms with Crippen molar-refractivity contribution < 1.29 is 4.52 Å². The summed E-state index contributed by atoms with van der Waals surface area (Å²) in [4.78, 5) is 6.06. The quantitative estimate of drug-likeness (QED) is 0.940. The number of nitrogens with zero attached hydrogens (tertiary/aromatic N) is 2. The Balaban J connectivity index is 1.83. The largest absolute Gasteiger partial charge is 0.334 e. The first-order valence-electron chi connectivity index (χ1n) is 7.26. The van der Waals surface area contributed by atoms with Crippen molar-refractivity contribution in [3.63, 3.8) is 0 Å². The van der Waals surface area contributed by atoms with Crippen molar-refractivity contribution in [1.82, 2.24) is 15.5 Å². The van der Waals surface area contributed by atoms with Gasteiger partial charge >= 0.3 is 0 Å². The minimum atomic E-state index is 0.359. The molecule has 0 aromatic carbocycles. The third-order valence-electron chi connectivity index (χ3n) is 4.08. The number of thiophene rings is 1. The molecule has 0 amide bonds. The number of aromatic nitrogens is 2. The predicted molar refractivity (Wildman–Crippen MR) is 81.0 cm³/mol. The SMILES string of the molecule is CNC(C)Cc1noc(-c2csc3c2CCC(C)C3)n1. The van der Waals surface area contributed by atoms with Gasteiger partial charge in [0, 0.05) is 22.7 Å². The number of nitrogens with one attached hydrogen (secondary N) is 1. The third-order valence-corrected chi connectivity index (χ3v) is 5.13. The molecule has 1 N–H and O–H groups in total. The average molecular weight is 291 g/mol. The summed E-state index contributed by atoms with van der Waals surface area (Å²) in [7, 11) is 1.95. The molecule has 0 bridgehead atoms. The van der Waals surface area contributed by atoms with Crippen molar-refractivity contribution in [2.24, 2.45) is 5.92 Å². The van der Waals surface area contributed by atoms with Crippen molar-refractivity contribution in [2.75, 3.05) is 7.05 Å². The van der Waals surface area contributed by atoms with Crippen LogP contribution in [-0.4, -0.2) is 23.2 Å². The predicted octanol–water partition coefficient (Wildman–Crippen LogP) is 3.07. The lowest BCUT2D eigenvalue weighted by Gasteiger charge is -2.18. The number of likely N-dealkylation sites (N-methyl/N-ethyl adjacent to an activating group) is 1. The fraction of sp³-hybridized carbons (Fsp3) is 0.600. The van der Waals surface area contributed by atoms with Gasteiger partial charge in [0.25, 0.3) is 5.89 Å². The van der Waals surface area contributed by atoms with Gasteiger partial charge in [-0.3, -0.25) is 0 Å². The minimum Gasteiger partial charge on any atom is -0.334 e. The Hall–Kier alpha value is -1.20. The molecule has 0 saturated carbocycles. The molecule has 0 fully saturated rings. The van der Waals surface area contributed by atoms with Gasteiger partial charge in [-0.25, -0.2) is 0 Å². The Morgan fingerprint density at radius 1 is 1.55 bits per heavy atom. The molecule has 3 rings (SSSR count). The summed E-state index contributed by atoms with van der Waals surface area (Å²) in [6.07, 6.45) is 4.38. The van der Waals surface area contributed by atoms with Crippen LogP contribution in [0.2, 0.25) is 0 Å². The van der Waals surface area contributed by atoms with Gasteiger partial charge in [0.2, 0.25) is 0 Å². The molecular formula is C15H21N3OS. The summed E-state index contributed by atoms with van der Waals surface area (Å²) in [5.74, 6) is 2.27. The topological polar surface area (TPSA) is 51.0 Å². The standard InChI is InChI=1S/C15H21N3OS/c1-9-4-5-11-12(8-20-13(11)6-9)15-17-14(18-19-15)7-10(2)16-3/h8-10,16H,4-7H2,1-3H3. The first kappa shape index (κ1) is 13.8. The van der Waals surface area contributed by atoms with Crippen LogP contribution in [-0.2, 0) is 19.3 Å². The highest BCUT2D eigenvalue weighted by Crippen LogP contribution is 2.37. The van der Waals surface area contributed by atoms with Crippen molar-refractivity contribution in [1.29, 1.82) is 0 Å². The lowest BCUT2D eigenvalue weighted by atomic mass is 9.88. The molecule has 2 unspecified atom stereocenters. The molecule has 5 heteroatoms. The Kier molecular flexibility index (Phi) is 3.89. The Labute approximate surface area is 123 Å². The smallest absolute Gasteiger partial charge is 0.259 e. The first-order chi connectivity index (χ1) is 9.67. The summed E-state index contributed by atoms with van der Waals surface area (Å²) in [5.41, 5.74) is 2.60. The van der Waals surface area contributed by atoms with Crippen LogP contribution < -0.4 is 5.32 Å². The third kappa shape index (κ3) is 2.65. The van der Waals surface area contributed by atoms with Gasteiger partial charge < -0.3 is 9.84 Å². The molecule has 1 aliphatic rings. The molecule has 2 aromatic heterocycles. The molecule has 2 heterocycles. The van der Waals surface area contributed by atoms with Crippen LogP contribution in [0.1, 0.15) is 36.5 Å². The maximum Gasteiger partial charge on any atom is 0.259 e. The number of rotatable bonds is 4. The lowest BCUT2D eigenvalue weighted by Crippen LogP contribution is -2.24. The van der Waals surface area contributed by atoms with Gasteiger partial charge in [-0.2, -0.15) is 4.98 Å². The summed E-state index contributed by atoms with van der Waals surface area (Å²) in [5, 5.41) is 9.48. The summed E-state index contributed by atoms with van der Waals surface area (Å²) < 4.78 is 5.47. The molecule has 2 atom stereocenters. The Bertz CT molecular complexity index is 590. The zero-order valence-corrected chi connectivity index (χ0v) is 13.1. The van der Waals surface area contributed by atoms with Crippen molar-refractivity contribution in [2.45, 2.75) is 45.6 Å². The molecule has 20 heavy (non-hydrogen) atoms. The van der Waals surface area contributed by atoms with E-state index in [4.69, 9.17) is 4.52 Å². The summed E-state index contributed by atoms with van der Waals surface area (Å²) in [6.45, 7) is 4.44. The number of hydrogen-bond acceptors (Lipinski definition) is 5. The lowest BCUT2D eigenvalue weighted by molar-refractivity contribution is 0.417. The fourth-order valence-electron chi connectivity index (χ4n) is 2.68. The van der Waals surface area contributed by atoms with E-state index in [1.54, 1.807) is 0 Å². The van der Waals surface area contributed by atoms with E-state index in [-0.39, 0.29) is 0 Å². The van der Waals surface area contributed by atoms with Gasteiger partial charge in [-0.15, -0.1) is 11.3 Å². The molecule has 108 valence electrons. The van der Waals surface area contributed by atoms with Crippen LogP contribution >= 0.6 is 11.3 Å². The molecule has 1 aliphatic carbocycles. The van der Waals surface area contributed by atoms with E-state index >= 15 is 0 Å². The van der Waals surface area contributed by atoms with E-state index in [0.717, 1.165) is 30.1 Å². The van der Waals surface area contributed by atoms with E-state index in [1.807, 2.05) is 18.4 Å². The van der Waals surface area contributed by atoms with E-state index in [1.165, 1.54) is 23.3 Å². The van der Waals surface area contributed by atoms with Crippen LogP contribution in [0, 0.1) is 5.92 Å².